The highest BCUT2D eigenvalue weighted by atomic mass is 79.9. The summed E-state index contributed by atoms with van der Waals surface area (Å²) in [5, 5.41) is 14.4. The molecule has 2 aromatic rings. The van der Waals surface area contributed by atoms with Crippen LogP contribution in [0.3, 0.4) is 0 Å². The van der Waals surface area contributed by atoms with Crippen molar-refractivity contribution in [3.05, 3.63) is 45.7 Å². The predicted octanol–water partition coefficient (Wildman–Crippen LogP) is 3.35. The third kappa shape index (κ3) is 3.06. The van der Waals surface area contributed by atoms with Crippen LogP contribution in [0.1, 0.15) is 29.8 Å². The number of nitrogens with two attached hydrogens (primary N) is 1. The molecule has 0 bridgehead atoms. The number of aryl methyl sites for hydroxylation is 1. The summed E-state index contributed by atoms with van der Waals surface area (Å²) in [4.78, 5) is 0. The number of hydrogen-bond acceptors (Lipinski definition) is 3. The lowest BCUT2D eigenvalue weighted by atomic mass is 10.0. The number of rotatable bonds is 3. The maximum atomic E-state index is 12.8. The number of halogens is 4. The van der Waals surface area contributed by atoms with E-state index in [4.69, 9.17) is 5.73 Å². The number of anilines is 1. The van der Waals surface area contributed by atoms with Crippen molar-refractivity contribution in [2.45, 2.75) is 25.7 Å². The molecule has 0 amide bonds. The minimum Gasteiger partial charge on any atom is -0.398 e. The molecule has 21 heavy (non-hydrogen) atoms. The molecule has 1 atom stereocenters. The zero-order valence-electron chi connectivity index (χ0n) is 11.0. The summed E-state index contributed by atoms with van der Waals surface area (Å²) in [6, 6.07) is 2.89. The quantitative estimate of drug-likeness (QED) is 0.822. The van der Waals surface area contributed by atoms with Crippen molar-refractivity contribution >= 4 is 21.6 Å². The van der Waals surface area contributed by atoms with Gasteiger partial charge in [-0.3, -0.25) is 4.68 Å². The number of aliphatic hydroxyl groups is 1. The number of hydrogen-bond donors (Lipinski definition) is 2. The first-order valence-electron chi connectivity index (χ1n) is 6.11. The van der Waals surface area contributed by atoms with Gasteiger partial charge in [-0.05, 0) is 41.1 Å². The Morgan fingerprint density at radius 3 is 2.67 bits per heavy atom. The van der Waals surface area contributed by atoms with Gasteiger partial charge in [0.2, 0.25) is 0 Å². The molecule has 1 aromatic carbocycles. The number of nitrogen functional groups attached to an aromatic ring is 1. The molecule has 0 aliphatic heterocycles. The molecule has 0 saturated heterocycles. The van der Waals surface area contributed by atoms with E-state index in [9.17, 15) is 18.3 Å². The van der Waals surface area contributed by atoms with Crippen molar-refractivity contribution in [3.63, 3.8) is 0 Å². The second-order valence-electron chi connectivity index (χ2n) is 4.44. The Kier molecular flexibility index (Phi) is 4.29. The van der Waals surface area contributed by atoms with E-state index in [1.54, 1.807) is 0 Å². The fraction of sp³-hybridized carbons (Fsp3) is 0.308. The first-order valence-corrected chi connectivity index (χ1v) is 6.91. The monoisotopic (exact) mass is 363 g/mol. The van der Waals surface area contributed by atoms with E-state index in [0.29, 0.717) is 16.7 Å². The number of aromatic nitrogens is 2. The van der Waals surface area contributed by atoms with Gasteiger partial charge in [0.1, 0.15) is 6.10 Å². The van der Waals surface area contributed by atoms with Crippen LogP contribution in [0.4, 0.5) is 18.9 Å². The van der Waals surface area contributed by atoms with Crippen LogP contribution in [0, 0.1) is 0 Å². The Morgan fingerprint density at radius 2 is 2.10 bits per heavy atom. The molecule has 0 aliphatic rings. The van der Waals surface area contributed by atoms with E-state index in [-0.39, 0.29) is 11.3 Å². The van der Waals surface area contributed by atoms with Crippen LogP contribution in [0.15, 0.2) is 28.9 Å². The van der Waals surface area contributed by atoms with Gasteiger partial charge in [0, 0.05) is 17.8 Å². The number of benzene rings is 1. The molecule has 0 saturated carbocycles. The highest BCUT2D eigenvalue weighted by Crippen LogP contribution is 2.36. The molecule has 114 valence electrons. The maximum Gasteiger partial charge on any atom is 0.416 e. The smallest absolute Gasteiger partial charge is 0.398 e. The van der Waals surface area contributed by atoms with E-state index in [1.807, 2.05) is 6.92 Å². The van der Waals surface area contributed by atoms with Gasteiger partial charge in [-0.15, -0.1) is 0 Å². The molecule has 0 radical (unpaired) electrons. The summed E-state index contributed by atoms with van der Waals surface area (Å²) in [7, 11) is 0. The summed E-state index contributed by atoms with van der Waals surface area (Å²) in [6.07, 6.45) is -4.32. The molecule has 1 unspecified atom stereocenters. The van der Waals surface area contributed by atoms with Gasteiger partial charge in [0.15, 0.2) is 0 Å². The van der Waals surface area contributed by atoms with Crippen LogP contribution in [0.2, 0.25) is 0 Å². The lowest BCUT2D eigenvalue weighted by Crippen LogP contribution is -2.13. The van der Waals surface area contributed by atoms with E-state index in [0.717, 1.165) is 18.2 Å². The first kappa shape index (κ1) is 15.8. The Balaban J connectivity index is 2.52. The van der Waals surface area contributed by atoms with Gasteiger partial charge >= 0.3 is 6.18 Å². The normalized spacial score (nSPS) is 13.4. The van der Waals surface area contributed by atoms with Crippen molar-refractivity contribution < 1.29 is 18.3 Å². The van der Waals surface area contributed by atoms with Gasteiger partial charge in [-0.1, -0.05) is 0 Å². The van der Waals surface area contributed by atoms with Crippen LogP contribution in [0.5, 0.6) is 0 Å². The Labute approximate surface area is 127 Å². The molecule has 2 rings (SSSR count). The fourth-order valence-electron chi connectivity index (χ4n) is 2.03. The maximum absolute atomic E-state index is 12.8. The number of nitrogens with zero attached hydrogens (tertiary/aromatic N) is 2. The van der Waals surface area contributed by atoms with Gasteiger partial charge in [-0.25, -0.2) is 0 Å². The SMILES string of the molecule is CCn1ncc(Br)c1C(O)c1cc(C(F)(F)F)ccc1N. The third-order valence-corrected chi connectivity index (χ3v) is 3.71. The third-order valence-electron chi connectivity index (χ3n) is 3.10. The van der Waals surface area contributed by atoms with Gasteiger partial charge < -0.3 is 10.8 Å². The topological polar surface area (TPSA) is 64.1 Å². The molecule has 8 heteroatoms. The standard InChI is InChI=1S/C13H13BrF3N3O/c1-2-20-11(9(14)6-19-20)12(21)8-5-7(13(15,16)17)3-4-10(8)18/h3-6,12,21H,2,18H2,1H3. The summed E-state index contributed by atoms with van der Waals surface area (Å²) < 4.78 is 40.3. The summed E-state index contributed by atoms with van der Waals surface area (Å²) >= 11 is 3.23. The predicted molar refractivity (Wildman–Crippen MR) is 75.5 cm³/mol. The highest BCUT2D eigenvalue weighted by Gasteiger charge is 2.32. The van der Waals surface area contributed by atoms with Crippen molar-refractivity contribution in [1.29, 1.82) is 0 Å². The summed E-state index contributed by atoms with van der Waals surface area (Å²) in [5.41, 5.74) is 5.31. The summed E-state index contributed by atoms with van der Waals surface area (Å²) in [6.45, 7) is 2.28. The van der Waals surface area contributed by atoms with Crippen molar-refractivity contribution in [3.8, 4) is 0 Å². The Hall–Kier alpha value is -1.54. The number of alkyl halides is 3. The minimum atomic E-state index is -4.50. The molecular formula is C13H13BrF3N3O. The van der Waals surface area contributed by atoms with E-state index >= 15 is 0 Å². The van der Waals surface area contributed by atoms with Gasteiger partial charge in [-0.2, -0.15) is 18.3 Å². The van der Waals surface area contributed by atoms with Gasteiger partial charge in [0.05, 0.1) is 21.9 Å². The Bertz CT molecular complexity index is 655. The molecule has 4 nitrogen and oxygen atoms in total. The summed E-state index contributed by atoms with van der Waals surface area (Å²) in [5.74, 6) is 0. The zero-order valence-corrected chi connectivity index (χ0v) is 12.6. The molecule has 1 aromatic heterocycles. The lowest BCUT2D eigenvalue weighted by molar-refractivity contribution is -0.137. The van der Waals surface area contributed by atoms with Crippen LogP contribution in [-0.2, 0) is 12.7 Å². The second kappa shape index (κ2) is 5.69. The number of aliphatic hydroxyl groups excluding tert-OH is 1. The minimum absolute atomic E-state index is 0.000671. The van der Waals surface area contributed by atoms with Crippen LogP contribution in [-0.4, -0.2) is 14.9 Å². The van der Waals surface area contributed by atoms with Crippen LogP contribution in [0.25, 0.3) is 0 Å². The van der Waals surface area contributed by atoms with Crippen LogP contribution >= 0.6 is 15.9 Å². The average molecular weight is 364 g/mol. The highest BCUT2D eigenvalue weighted by molar-refractivity contribution is 9.10. The van der Waals surface area contributed by atoms with E-state index < -0.39 is 17.8 Å². The van der Waals surface area contributed by atoms with Gasteiger partial charge in [0.25, 0.3) is 0 Å². The second-order valence-corrected chi connectivity index (χ2v) is 5.29. The van der Waals surface area contributed by atoms with Crippen LogP contribution < -0.4 is 5.73 Å². The largest absolute Gasteiger partial charge is 0.416 e. The molecule has 3 N–H and O–H groups in total. The zero-order chi connectivity index (χ0) is 15.8. The molecular weight excluding hydrogens is 351 g/mol. The fourth-order valence-corrected chi connectivity index (χ4v) is 2.54. The molecule has 1 heterocycles. The van der Waals surface area contributed by atoms with Crippen molar-refractivity contribution in [2.75, 3.05) is 5.73 Å². The van der Waals surface area contributed by atoms with E-state index in [2.05, 4.69) is 21.0 Å². The average Bonchev–Trinajstić information content (AvgIpc) is 2.78. The lowest BCUT2D eigenvalue weighted by Gasteiger charge is -2.17. The van der Waals surface area contributed by atoms with E-state index in [1.165, 1.54) is 10.9 Å². The Morgan fingerprint density at radius 1 is 1.43 bits per heavy atom. The first-order chi connectivity index (χ1) is 9.75. The molecule has 0 spiro atoms. The molecule has 0 fully saturated rings. The molecule has 0 aliphatic carbocycles. The van der Waals surface area contributed by atoms with Crippen molar-refractivity contribution in [2.24, 2.45) is 0 Å². The van der Waals surface area contributed by atoms with Crippen molar-refractivity contribution in [1.82, 2.24) is 9.78 Å².